The summed E-state index contributed by atoms with van der Waals surface area (Å²) in [5, 5.41) is 8.92. The van der Waals surface area contributed by atoms with Crippen LogP contribution in [0.15, 0.2) is 6.20 Å². The maximum atomic E-state index is 12.4. The zero-order valence-electron chi connectivity index (χ0n) is 8.78. The minimum absolute atomic E-state index is 0.00884. The third-order valence-corrected chi connectivity index (χ3v) is 2.15. The van der Waals surface area contributed by atoms with Gasteiger partial charge in [0, 0.05) is 6.54 Å². The van der Waals surface area contributed by atoms with Crippen LogP contribution in [-0.4, -0.2) is 41.2 Å². The first-order valence-electron chi connectivity index (χ1n) is 4.71. The van der Waals surface area contributed by atoms with Gasteiger partial charge in [-0.2, -0.15) is 4.98 Å². The fourth-order valence-corrected chi connectivity index (χ4v) is 1.43. The Balaban J connectivity index is 2.98. The molecule has 0 saturated carbocycles. The smallest absolute Gasteiger partial charge is 0.255 e. The van der Waals surface area contributed by atoms with Crippen molar-refractivity contribution in [3.63, 3.8) is 0 Å². The molecule has 9 heteroatoms. The zero-order chi connectivity index (χ0) is 12.8. The molecule has 0 unspecified atom stereocenters. The number of nitrogens with zero attached hydrogens (tertiary/aromatic N) is 3. The van der Waals surface area contributed by atoms with Gasteiger partial charge < -0.3 is 10.0 Å². The summed E-state index contributed by atoms with van der Waals surface area (Å²) in [7, 11) is 0. The van der Waals surface area contributed by atoms with Gasteiger partial charge in [-0.15, -0.1) is 0 Å². The summed E-state index contributed by atoms with van der Waals surface area (Å²) in [6, 6.07) is 0. The van der Waals surface area contributed by atoms with Crippen LogP contribution in [-0.2, 0) is 0 Å². The number of hydrogen-bond donors (Lipinski definition) is 3. The number of aromatic nitrogens is 2. The lowest BCUT2D eigenvalue weighted by molar-refractivity contribution is 0.152. The summed E-state index contributed by atoms with van der Waals surface area (Å²) in [4.78, 5) is 8.75. The molecule has 17 heavy (non-hydrogen) atoms. The van der Waals surface area contributed by atoms with Gasteiger partial charge in [-0.1, -0.05) is 11.6 Å². The van der Waals surface area contributed by atoms with Crippen LogP contribution in [0.1, 0.15) is 0 Å². The van der Waals surface area contributed by atoms with E-state index in [9.17, 15) is 8.78 Å². The van der Waals surface area contributed by atoms with Crippen molar-refractivity contribution in [1.82, 2.24) is 9.97 Å². The van der Waals surface area contributed by atoms with E-state index < -0.39 is 13.0 Å². The van der Waals surface area contributed by atoms with E-state index in [0.717, 1.165) is 4.90 Å². The molecule has 1 rings (SSSR count). The van der Waals surface area contributed by atoms with E-state index in [0.29, 0.717) is 0 Å². The molecule has 0 radical (unpaired) electrons. The molecule has 0 fully saturated rings. The van der Waals surface area contributed by atoms with Crippen LogP contribution in [0.4, 0.5) is 20.5 Å². The molecule has 0 bridgehead atoms. The third kappa shape index (κ3) is 3.91. The van der Waals surface area contributed by atoms with E-state index in [-0.39, 0.29) is 29.9 Å². The van der Waals surface area contributed by atoms with Crippen molar-refractivity contribution >= 4 is 23.4 Å². The van der Waals surface area contributed by atoms with Crippen LogP contribution >= 0.6 is 11.6 Å². The largest absolute Gasteiger partial charge is 0.395 e. The van der Waals surface area contributed by atoms with Gasteiger partial charge in [-0.3, -0.25) is 5.43 Å². The van der Waals surface area contributed by atoms with Crippen LogP contribution in [0.3, 0.4) is 0 Å². The molecule has 4 N–H and O–H groups in total. The first kappa shape index (κ1) is 13.8. The predicted molar refractivity (Wildman–Crippen MR) is 60.2 cm³/mol. The van der Waals surface area contributed by atoms with E-state index in [2.05, 4.69) is 15.4 Å². The molecule has 96 valence electrons. The van der Waals surface area contributed by atoms with Crippen molar-refractivity contribution in [1.29, 1.82) is 0 Å². The number of aliphatic hydroxyl groups excluding tert-OH is 1. The Morgan fingerprint density at radius 3 is 2.82 bits per heavy atom. The van der Waals surface area contributed by atoms with E-state index in [1.807, 2.05) is 0 Å². The molecule has 0 aliphatic heterocycles. The molecule has 0 spiro atoms. The number of rotatable bonds is 6. The summed E-state index contributed by atoms with van der Waals surface area (Å²) in [6.45, 7) is -0.884. The van der Waals surface area contributed by atoms with Gasteiger partial charge in [0.15, 0.2) is 5.82 Å². The number of halogens is 3. The first-order chi connectivity index (χ1) is 8.08. The lowest BCUT2D eigenvalue weighted by atomic mass is 10.4. The summed E-state index contributed by atoms with van der Waals surface area (Å²) in [5.41, 5.74) is 2.19. The molecule has 0 aliphatic rings. The second-order valence-corrected chi connectivity index (χ2v) is 3.48. The normalized spacial score (nSPS) is 10.7. The Bertz CT molecular complexity index is 368. The van der Waals surface area contributed by atoms with Gasteiger partial charge in [0.2, 0.25) is 5.95 Å². The molecule has 0 atom stereocenters. The van der Waals surface area contributed by atoms with E-state index >= 15 is 0 Å². The highest BCUT2D eigenvalue weighted by molar-refractivity contribution is 6.32. The van der Waals surface area contributed by atoms with Gasteiger partial charge in [0.1, 0.15) is 5.02 Å². The van der Waals surface area contributed by atoms with Crippen molar-refractivity contribution in [3.05, 3.63) is 11.2 Å². The monoisotopic (exact) mass is 267 g/mol. The topological polar surface area (TPSA) is 87.3 Å². The second-order valence-electron chi connectivity index (χ2n) is 3.07. The lowest BCUT2D eigenvalue weighted by Gasteiger charge is -2.23. The second kappa shape index (κ2) is 6.48. The SMILES string of the molecule is NNc1ncc(Cl)c(N(CCO)CC(F)F)n1. The fourth-order valence-electron chi connectivity index (χ4n) is 1.22. The van der Waals surface area contributed by atoms with Gasteiger partial charge >= 0.3 is 0 Å². The third-order valence-electron chi connectivity index (χ3n) is 1.88. The number of nitrogen functional groups attached to an aromatic ring is 1. The van der Waals surface area contributed by atoms with Gasteiger partial charge in [-0.25, -0.2) is 19.6 Å². The number of anilines is 2. The van der Waals surface area contributed by atoms with Gasteiger partial charge in [0.05, 0.1) is 19.3 Å². The molecule has 0 amide bonds. The summed E-state index contributed by atoms with van der Waals surface area (Å²) >= 11 is 5.81. The van der Waals surface area contributed by atoms with Crippen LogP contribution < -0.4 is 16.2 Å². The van der Waals surface area contributed by atoms with Crippen molar-refractivity contribution in [2.24, 2.45) is 5.84 Å². The number of alkyl halides is 2. The zero-order valence-corrected chi connectivity index (χ0v) is 9.53. The number of nitrogens with one attached hydrogen (secondary N) is 1. The Hall–Kier alpha value is -1.25. The minimum atomic E-state index is -2.57. The molecule has 6 nitrogen and oxygen atoms in total. The molecule has 0 saturated heterocycles. The Morgan fingerprint density at radius 2 is 2.29 bits per heavy atom. The van der Waals surface area contributed by atoms with E-state index in [1.165, 1.54) is 6.20 Å². The summed E-state index contributed by atoms with van der Waals surface area (Å²) < 4.78 is 24.7. The Labute approximate surface area is 101 Å². The van der Waals surface area contributed by atoms with E-state index in [1.54, 1.807) is 0 Å². The lowest BCUT2D eigenvalue weighted by Crippen LogP contribution is -2.33. The molecule has 0 aromatic carbocycles. The summed E-state index contributed by atoms with van der Waals surface area (Å²) in [5.74, 6) is 5.27. The van der Waals surface area contributed by atoms with Crippen molar-refractivity contribution in [2.45, 2.75) is 6.43 Å². The van der Waals surface area contributed by atoms with Crippen molar-refractivity contribution in [2.75, 3.05) is 30.0 Å². The number of aliphatic hydroxyl groups is 1. The van der Waals surface area contributed by atoms with Crippen LogP contribution in [0.25, 0.3) is 0 Å². The van der Waals surface area contributed by atoms with Gasteiger partial charge in [-0.05, 0) is 0 Å². The van der Waals surface area contributed by atoms with E-state index in [4.69, 9.17) is 22.6 Å². The Kier molecular flexibility index (Phi) is 5.26. The quantitative estimate of drug-likeness (QED) is 0.513. The fraction of sp³-hybridized carbons (Fsp3) is 0.500. The average molecular weight is 268 g/mol. The molecular weight excluding hydrogens is 256 g/mol. The molecule has 1 heterocycles. The number of nitrogens with two attached hydrogens (primary N) is 1. The maximum absolute atomic E-state index is 12.4. The van der Waals surface area contributed by atoms with Crippen molar-refractivity contribution < 1.29 is 13.9 Å². The molecule has 1 aromatic rings. The van der Waals surface area contributed by atoms with Crippen LogP contribution in [0, 0.1) is 0 Å². The molecular formula is C8H12ClF2N5O. The molecule has 0 aliphatic carbocycles. The standard InChI is InChI=1S/C8H12ClF2N5O/c9-5-3-13-8(15-12)14-7(5)16(1-2-17)4-6(10)11/h3,6,17H,1-2,4,12H2,(H,13,14,15). The predicted octanol–water partition coefficient (Wildman–Crippen LogP) is 0.479. The Morgan fingerprint density at radius 1 is 1.59 bits per heavy atom. The van der Waals surface area contributed by atoms with Crippen LogP contribution in [0.5, 0.6) is 0 Å². The van der Waals surface area contributed by atoms with Crippen molar-refractivity contribution in [3.8, 4) is 0 Å². The maximum Gasteiger partial charge on any atom is 0.255 e. The average Bonchev–Trinajstić information content (AvgIpc) is 2.28. The minimum Gasteiger partial charge on any atom is -0.395 e. The molecule has 1 aromatic heterocycles. The highest BCUT2D eigenvalue weighted by Gasteiger charge is 2.17. The van der Waals surface area contributed by atoms with Crippen LogP contribution in [0.2, 0.25) is 5.02 Å². The first-order valence-corrected chi connectivity index (χ1v) is 5.09. The van der Waals surface area contributed by atoms with Gasteiger partial charge in [0.25, 0.3) is 6.43 Å². The highest BCUT2D eigenvalue weighted by Crippen LogP contribution is 2.23. The highest BCUT2D eigenvalue weighted by atomic mass is 35.5. The summed E-state index contributed by atoms with van der Waals surface area (Å²) in [6.07, 6.45) is -1.32. The number of hydrogen-bond acceptors (Lipinski definition) is 6. The number of hydrazine groups is 1.